The normalized spacial score (nSPS) is 8.73. The Balaban J connectivity index is 0. The lowest BCUT2D eigenvalue weighted by Crippen LogP contribution is -2.38. The van der Waals surface area contributed by atoms with Gasteiger partial charge in [-0.1, -0.05) is 6.92 Å². The second-order valence-corrected chi connectivity index (χ2v) is 2.04. The van der Waals surface area contributed by atoms with Crippen LogP contribution in [-0.2, 0) is 4.74 Å². The van der Waals surface area contributed by atoms with Crippen LogP contribution in [0, 0.1) is 0 Å². The van der Waals surface area contributed by atoms with Crippen molar-refractivity contribution in [2.45, 2.75) is 13.3 Å². The molecule has 0 rings (SSSR count). The number of hydrogen-bond acceptors (Lipinski definition) is 4. The van der Waals surface area contributed by atoms with Crippen molar-refractivity contribution in [1.82, 2.24) is 16.2 Å². The molecule has 0 amide bonds. The number of rotatable bonds is 5. The van der Waals surface area contributed by atoms with Crippen LogP contribution in [0.1, 0.15) is 13.3 Å². The summed E-state index contributed by atoms with van der Waals surface area (Å²) >= 11 is 0. The molecule has 4 heteroatoms. The van der Waals surface area contributed by atoms with Crippen LogP contribution < -0.4 is 16.2 Å². The molecule has 0 aliphatic carbocycles. The predicted molar refractivity (Wildman–Crippen MR) is 48.3 cm³/mol. The van der Waals surface area contributed by atoms with Gasteiger partial charge in [-0.3, -0.25) is 5.43 Å². The Labute approximate surface area is 69.7 Å². The average molecular weight is 163 g/mol. The minimum Gasteiger partial charge on any atom is -0.388 e. The van der Waals surface area contributed by atoms with E-state index in [1.807, 2.05) is 7.05 Å². The van der Waals surface area contributed by atoms with E-state index >= 15 is 0 Å². The Hall–Kier alpha value is -0.160. The summed E-state index contributed by atoms with van der Waals surface area (Å²) in [6.45, 7) is 3.98. The van der Waals surface area contributed by atoms with Crippen molar-refractivity contribution in [2.75, 3.05) is 34.5 Å². The van der Waals surface area contributed by atoms with Crippen LogP contribution in [0.4, 0.5) is 0 Å². The monoisotopic (exact) mass is 163 g/mol. The highest BCUT2D eigenvalue weighted by Crippen LogP contribution is 1.63. The van der Waals surface area contributed by atoms with Gasteiger partial charge >= 0.3 is 0 Å². The van der Waals surface area contributed by atoms with Gasteiger partial charge < -0.3 is 10.1 Å². The zero-order valence-electron chi connectivity index (χ0n) is 8.03. The molecule has 0 atom stereocenters. The molecule has 70 valence electrons. The Morgan fingerprint density at radius 2 is 1.73 bits per heavy atom. The summed E-state index contributed by atoms with van der Waals surface area (Å²) in [5.74, 6) is 0. The molecule has 0 aromatic rings. The summed E-state index contributed by atoms with van der Waals surface area (Å²) in [6.07, 6.45) is 1.16. The van der Waals surface area contributed by atoms with Crippen LogP contribution in [0.3, 0.4) is 0 Å². The number of hydrogen-bond donors (Lipinski definition) is 3. The SMILES string of the molecule is CCCNNCNC.COC. The van der Waals surface area contributed by atoms with Crippen LogP contribution in [0.25, 0.3) is 0 Å². The average Bonchev–Trinajstić information content (AvgIpc) is 2.00. The summed E-state index contributed by atoms with van der Waals surface area (Å²) < 4.78 is 4.25. The second-order valence-electron chi connectivity index (χ2n) is 2.04. The van der Waals surface area contributed by atoms with E-state index in [0.717, 1.165) is 19.6 Å². The molecule has 0 radical (unpaired) electrons. The smallest absolute Gasteiger partial charge is 0.0587 e. The molecule has 0 bridgehead atoms. The first-order valence-electron chi connectivity index (χ1n) is 3.83. The number of nitrogens with one attached hydrogen (secondary N) is 3. The summed E-state index contributed by atoms with van der Waals surface area (Å²) in [4.78, 5) is 0. The van der Waals surface area contributed by atoms with Gasteiger partial charge in [0.25, 0.3) is 0 Å². The standard InChI is InChI=1S/C5H15N3.C2H6O/c1-3-4-7-8-5-6-2;1-3-2/h6-8H,3-5H2,1-2H3;1-2H3. The summed E-state index contributed by atoms with van der Waals surface area (Å²) in [7, 11) is 5.15. The Morgan fingerprint density at radius 1 is 1.18 bits per heavy atom. The van der Waals surface area contributed by atoms with Gasteiger partial charge in [0.05, 0.1) is 6.67 Å². The van der Waals surface area contributed by atoms with Crippen LogP contribution in [0.15, 0.2) is 0 Å². The highest BCUT2D eigenvalue weighted by atomic mass is 16.4. The first-order chi connectivity index (χ1) is 5.33. The van der Waals surface area contributed by atoms with Crippen molar-refractivity contribution in [2.24, 2.45) is 0 Å². The van der Waals surface area contributed by atoms with E-state index in [2.05, 4.69) is 27.8 Å². The van der Waals surface area contributed by atoms with E-state index in [0.29, 0.717) is 0 Å². The van der Waals surface area contributed by atoms with Gasteiger partial charge in [-0.2, -0.15) is 0 Å². The van der Waals surface area contributed by atoms with E-state index in [1.54, 1.807) is 14.2 Å². The quantitative estimate of drug-likeness (QED) is 0.302. The lowest BCUT2D eigenvalue weighted by atomic mass is 10.5. The molecule has 0 aromatic carbocycles. The van der Waals surface area contributed by atoms with Crippen LogP contribution in [-0.4, -0.2) is 34.5 Å². The van der Waals surface area contributed by atoms with E-state index in [-0.39, 0.29) is 0 Å². The van der Waals surface area contributed by atoms with Gasteiger partial charge in [0.15, 0.2) is 0 Å². The Morgan fingerprint density at radius 3 is 2.09 bits per heavy atom. The van der Waals surface area contributed by atoms with Gasteiger partial charge in [0.1, 0.15) is 0 Å². The van der Waals surface area contributed by atoms with Crippen LogP contribution >= 0.6 is 0 Å². The molecule has 0 unspecified atom stereocenters. The van der Waals surface area contributed by atoms with E-state index < -0.39 is 0 Å². The molecule has 0 aliphatic rings. The summed E-state index contributed by atoms with van der Waals surface area (Å²) in [5.41, 5.74) is 6.00. The van der Waals surface area contributed by atoms with Gasteiger partial charge in [-0.25, -0.2) is 5.43 Å². The molecule has 0 saturated heterocycles. The second kappa shape index (κ2) is 16.4. The fourth-order valence-corrected chi connectivity index (χ4v) is 0.364. The predicted octanol–water partition coefficient (Wildman–Crippen LogP) is -0.0699. The maximum atomic E-state index is 4.25. The third-order valence-electron chi connectivity index (χ3n) is 0.765. The number of hydrazine groups is 1. The molecule has 0 aromatic heterocycles. The van der Waals surface area contributed by atoms with Gasteiger partial charge in [0, 0.05) is 20.8 Å². The fraction of sp³-hybridized carbons (Fsp3) is 1.00. The number of methoxy groups -OCH3 is 1. The van der Waals surface area contributed by atoms with Gasteiger partial charge in [-0.05, 0) is 13.5 Å². The first kappa shape index (κ1) is 13.4. The molecule has 0 heterocycles. The topological polar surface area (TPSA) is 45.3 Å². The molecule has 0 spiro atoms. The van der Waals surface area contributed by atoms with Crippen molar-refractivity contribution in [3.63, 3.8) is 0 Å². The maximum absolute atomic E-state index is 4.25. The fourth-order valence-electron chi connectivity index (χ4n) is 0.364. The van der Waals surface area contributed by atoms with Crippen molar-refractivity contribution in [1.29, 1.82) is 0 Å². The number of ether oxygens (including phenoxy) is 1. The molecule has 11 heavy (non-hydrogen) atoms. The minimum absolute atomic E-state index is 0.819. The third-order valence-corrected chi connectivity index (χ3v) is 0.765. The molecule has 4 nitrogen and oxygen atoms in total. The third kappa shape index (κ3) is 25.8. The first-order valence-corrected chi connectivity index (χ1v) is 3.83. The van der Waals surface area contributed by atoms with Crippen molar-refractivity contribution >= 4 is 0 Å². The Kier molecular flexibility index (Phi) is 20.1. The zero-order valence-corrected chi connectivity index (χ0v) is 8.03. The largest absolute Gasteiger partial charge is 0.388 e. The van der Waals surface area contributed by atoms with Gasteiger partial charge in [0.2, 0.25) is 0 Å². The maximum Gasteiger partial charge on any atom is 0.0587 e. The lowest BCUT2D eigenvalue weighted by molar-refractivity contribution is 0.277. The summed E-state index contributed by atoms with van der Waals surface area (Å²) in [5, 5.41) is 2.95. The van der Waals surface area contributed by atoms with Crippen molar-refractivity contribution < 1.29 is 4.74 Å². The highest BCUT2D eigenvalue weighted by Gasteiger charge is 1.76. The minimum atomic E-state index is 0.819. The lowest BCUT2D eigenvalue weighted by Gasteiger charge is -2.02. The van der Waals surface area contributed by atoms with Crippen molar-refractivity contribution in [3.05, 3.63) is 0 Å². The van der Waals surface area contributed by atoms with Crippen LogP contribution in [0.2, 0.25) is 0 Å². The van der Waals surface area contributed by atoms with Gasteiger partial charge in [-0.15, -0.1) is 0 Å². The molecular formula is C7H21N3O. The highest BCUT2D eigenvalue weighted by molar-refractivity contribution is 4.34. The zero-order chi connectivity index (χ0) is 8.95. The Bertz CT molecular complexity index is 47.0. The molecular weight excluding hydrogens is 142 g/mol. The van der Waals surface area contributed by atoms with E-state index in [4.69, 9.17) is 0 Å². The van der Waals surface area contributed by atoms with E-state index in [9.17, 15) is 0 Å². The summed E-state index contributed by atoms with van der Waals surface area (Å²) in [6, 6.07) is 0. The molecule has 0 aliphatic heterocycles. The molecule has 0 saturated carbocycles. The molecule has 3 N–H and O–H groups in total. The van der Waals surface area contributed by atoms with Crippen molar-refractivity contribution in [3.8, 4) is 0 Å². The molecule has 0 fully saturated rings. The van der Waals surface area contributed by atoms with E-state index in [1.165, 1.54) is 0 Å². The van der Waals surface area contributed by atoms with Crippen LogP contribution in [0.5, 0.6) is 0 Å².